The molecule has 0 saturated carbocycles. The summed E-state index contributed by atoms with van der Waals surface area (Å²) in [6, 6.07) is 7.56. The zero-order valence-corrected chi connectivity index (χ0v) is 14.8. The van der Waals surface area contributed by atoms with Gasteiger partial charge in [-0.25, -0.2) is 0 Å². The van der Waals surface area contributed by atoms with E-state index in [4.69, 9.17) is 9.47 Å². The summed E-state index contributed by atoms with van der Waals surface area (Å²) >= 11 is 0. The number of aryl methyl sites for hydroxylation is 3. The van der Waals surface area contributed by atoms with Crippen LogP contribution in [-0.4, -0.2) is 36.5 Å². The summed E-state index contributed by atoms with van der Waals surface area (Å²) in [6.45, 7) is 5.45. The van der Waals surface area contributed by atoms with Crippen molar-refractivity contribution in [2.45, 2.75) is 33.2 Å². The third-order valence-corrected chi connectivity index (χ3v) is 3.78. The lowest BCUT2D eigenvalue weighted by Crippen LogP contribution is -2.27. The Morgan fingerprint density at radius 3 is 2.54 bits per heavy atom. The number of hydrogen-bond donors (Lipinski definition) is 1. The van der Waals surface area contributed by atoms with E-state index in [2.05, 4.69) is 16.5 Å². The second-order valence-electron chi connectivity index (χ2n) is 5.72. The number of rotatable bonds is 8. The van der Waals surface area contributed by atoms with Crippen molar-refractivity contribution < 1.29 is 14.3 Å². The van der Waals surface area contributed by atoms with E-state index in [1.807, 2.05) is 36.7 Å². The van der Waals surface area contributed by atoms with Crippen LogP contribution in [0.1, 0.15) is 23.4 Å². The summed E-state index contributed by atoms with van der Waals surface area (Å²) in [7, 11) is 3.17. The fourth-order valence-corrected chi connectivity index (χ4v) is 2.60. The number of methoxy groups -OCH3 is 2. The second kappa shape index (κ2) is 8.38. The predicted octanol–water partition coefficient (Wildman–Crippen LogP) is 2.27. The molecule has 6 nitrogen and oxygen atoms in total. The maximum absolute atomic E-state index is 12.0. The summed E-state index contributed by atoms with van der Waals surface area (Å²) in [6.07, 6.45) is 1.17. The van der Waals surface area contributed by atoms with Gasteiger partial charge in [-0.05, 0) is 44.0 Å². The van der Waals surface area contributed by atoms with Crippen LogP contribution in [0.4, 0.5) is 0 Å². The summed E-state index contributed by atoms with van der Waals surface area (Å²) in [5, 5.41) is 7.35. The number of ether oxygens (including phenoxy) is 2. The summed E-state index contributed by atoms with van der Waals surface area (Å²) < 4.78 is 12.4. The van der Waals surface area contributed by atoms with Crippen molar-refractivity contribution in [3.63, 3.8) is 0 Å². The molecule has 0 saturated heterocycles. The smallest absolute Gasteiger partial charge is 0.224 e. The van der Waals surface area contributed by atoms with Gasteiger partial charge in [0.25, 0.3) is 0 Å². The Bertz CT molecular complexity index is 695. The normalized spacial score (nSPS) is 10.5. The largest absolute Gasteiger partial charge is 0.493 e. The third kappa shape index (κ3) is 4.75. The van der Waals surface area contributed by atoms with E-state index in [9.17, 15) is 4.79 Å². The van der Waals surface area contributed by atoms with Crippen LogP contribution in [0.15, 0.2) is 24.3 Å². The molecular formula is C18H25N3O3. The minimum Gasteiger partial charge on any atom is -0.493 e. The van der Waals surface area contributed by atoms with E-state index in [0.29, 0.717) is 24.5 Å². The molecule has 0 radical (unpaired) electrons. The van der Waals surface area contributed by atoms with E-state index in [1.54, 1.807) is 14.2 Å². The maximum Gasteiger partial charge on any atom is 0.224 e. The molecule has 0 fully saturated rings. The molecule has 24 heavy (non-hydrogen) atoms. The number of amides is 1. The Hall–Kier alpha value is -2.50. The van der Waals surface area contributed by atoms with Crippen molar-refractivity contribution in [2.75, 3.05) is 20.8 Å². The van der Waals surface area contributed by atoms with Gasteiger partial charge in [-0.2, -0.15) is 5.10 Å². The highest BCUT2D eigenvalue weighted by molar-refractivity contribution is 5.78. The number of aromatic nitrogens is 2. The Kier molecular flexibility index (Phi) is 6.23. The Morgan fingerprint density at radius 2 is 1.92 bits per heavy atom. The first kappa shape index (κ1) is 17.8. The van der Waals surface area contributed by atoms with Crippen LogP contribution in [0.5, 0.6) is 11.5 Å². The van der Waals surface area contributed by atoms with Gasteiger partial charge >= 0.3 is 0 Å². The molecule has 0 spiro atoms. The average molecular weight is 331 g/mol. The summed E-state index contributed by atoms with van der Waals surface area (Å²) in [5.74, 6) is 1.29. The fraction of sp³-hybridized carbons (Fsp3) is 0.444. The first-order chi connectivity index (χ1) is 11.5. The molecule has 1 amide bonds. The second-order valence-corrected chi connectivity index (χ2v) is 5.72. The zero-order valence-electron chi connectivity index (χ0n) is 14.8. The van der Waals surface area contributed by atoms with Gasteiger partial charge in [0.15, 0.2) is 11.5 Å². The molecule has 0 atom stereocenters. The van der Waals surface area contributed by atoms with E-state index >= 15 is 0 Å². The SMILES string of the molecule is COc1ccc(CC(=O)NCCCn2nc(C)cc2C)cc1OC. The number of benzene rings is 1. The van der Waals surface area contributed by atoms with Crippen molar-refractivity contribution >= 4 is 5.91 Å². The van der Waals surface area contributed by atoms with Gasteiger partial charge in [0.05, 0.1) is 26.3 Å². The highest BCUT2D eigenvalue weighted by Gasteiger charge is 2.08. The highest BCUT2D eigenvalue weighted by Crippen LogP contribution is 2.27. The van der Waals surface area contributed by atoms with Gasteiger partial charge < -0.3 is 14.8 Å². The molecule has 6 heteroatoms. The van der Waals surface area contributed by atoms with Gasteiger partial charge in [-0.1, -0.05) is 6.07 Å². The lowest BCUT2D eigenvalue weighted by Gasteiger charge is -2.10. The standard InChI is InChI=1S/C18H25N3O3/c1-13-10-14(2)21(20-13)9-5-8-19-18(22)12-15-6-7-16(23-3)17(11-15)24-4/h6-7,10-11H,5,8-9,12H2,1-4H3,(H,19,22). The molecule has 1 aromatic heterocycles. The van der Waals surface area contributed by atoms with Crippen molar-refractivity contribution in [1.29, 1.82) is 0 Å². The molecule has 0 unspecified atom stereocenters. The number of nitrogens with zero attached hydrogens (tertiary/aromatic N) is 2. The molecule has 0 aliphatic heterocycles. The fourth-order valence-electron chi connectivity index (χ4n) is 2.60. The Morgan fingerprint density at radius 1 is 1.17 bits per heavy atom. The maximum atomic E-state index is 12.0. The van der Waals surface area contributed by atoms with E-state index < -0.39 is 0 Å². The minimum absolute atomic E-state index is 0.00409. The molecule has 0 aliphatic rings. The number of hydrogen-bond acceptors (Lipinski definition) is 4. The first-order valence-corrected chi connectivity index (χ1v) is 8.02. The molecule has 1 aromatic carbocycles. The average Bonchev–Trinajstić information content (AvgIpc) is 2.89. The Labute approximate surface area is 142 Å². The summed E-state index contributed by atoms with van der Waals surface area (Å²) in [5.41, 5.74) is 3.05. The van der Waals surface area contributed by atoms with Crippen LogP contribution in [-0.2, 0) is 17.8 Å². The van der Waals surface area contributed by atoms with Crippen LogP contribution in [0.3, 0.4) is 0 Å². The van der Waals surface area contributed by atoms with Crippen LogP contribution in [0.25, 0.3) is 0 Å². The van der Waals surface area contributed by atoms with Gasteiger partial charge in [-0.3, -0.25) is 9.48 Å². The molecular weight excluding hydrogens is 306 g/mol. The number of carbonyl (C=O) groups excluding carboxylic acids is 1. The van der Waals surface area contributed by atoms with Crippen LogP contribution in [0.2, 0.25) is 0 Å². The number of nitrogens with one attached hydrogen (secondary N) is 1. The van der Waals surface area contributed by atoms with Crippen LogP contribution in [0, 0.1) is 13.8 Å². The number of carbonyl (C=O) groups is 1. The zero-order chi connectivity index (χ0) is 17.5. The molecule has 130 valence electrons. The molecule has 1 N–H and O–H groups in total. The molecule has 0 aliphatic carbocycles. The molecule has 1 heterocycles. The van der Waals surface area contributed by atoms with Crippen LogP contribution < -0.4 is 14.8 Å². The first-order valence-electron chi connectivity index (χ1n) is 8.02. The van der Waals surface area contributed by atoms with Crippen molar-refractivity contribution in [1.82, 2.24) is 15.1 Å². The lowest BCUT2D eigenvalue weighted by atomic mass is 10.1. The lowest BCUT2D eigenvalue weighted by molar-refractivity contribution is -0.120. The topological polar surface area (TPSA) is 65.4 Å². The summed E-state index contributed by atoms with van der Waals surface area (Å²) in [4.78, 5) is 12.0. The van der Waals surface area contributed by atoms with Gasteiger partial charge in [0.2, 0.25) is 5.91 Å². The van der Waals surface area contributed by atoms with Gasteiger partial charge in [-0.15, -0.1) is 0 Å². The predicted molar refractivity (Wildman–Crippen MR) is 92.6 cm³/mol. The molecule has 2 rings (SSSR count). The monoisotopic (exact) mass is 331 g/mol. The highest BCUT2D eigenvalue weighted by atomic mass is 16.5. The Balaban J connectivity index is 1.78. The van der Waals surface area contributed by atoms with E-state index in [0.717, 1.165) is 29.9 Å². The van der Waals surface area contributed by atoms with Gasteiger partial charge in [0.1, 0.15) is 0 Å². The van der Waals surface area contributed by atoms with E-state index in [1.165, 1.54) is 0 Å². The van der Waals surface area contributed by atoms with Crippen LogP contribution >= 0.6 is 0 Å². The third-order valence-electron chi connectivity index (χ3n) is 3.78. The van der Waals surface area contributed by atoms with Gasteiger partial charge in [0, 0.05) is 18.8 Å². The van der Waals surface area contributed by atoms with Crippen molar-refractivity contribution in [3.8, 4) is 11.5 Å². The van der Waals surface area contributed by atoms with Crippen molar-refractivity contribution in [3.05, 3.63) is 41.2 Å². The van der Waals surface area contributed by atoms with Crippen molar-refractivity contribution in [2.24, 2.45) is 0 Å². The quantitative estimate of drug-likeness (QED) is 0.754. The molecule has 0 bridgehead atoms. The van der Waals surface area contributed by atoms with E-state index in [-0.39, 0.29) is 5.91 Å². The molecule has 2 aromatic rings. The minimum atomic E-state index is -0.00409.